The Bertz CT molecular complexity index is 795. The Morgan fingerprint density at radius 1 is 1.52 bits per heavy atom. The van der Waals surface area contributed by atoms with Gasteiger partial charge in [0.1, 0.15) is 11.6 Å². The zero-order chi connectivity index (χ0) is 15.4. The number of hydrogen-bond acceptors (Lipinski definition) is 6. The van der Waals surface area contributed by atoms with E-state index >= 15 is 0 Å². The van der Waals surface area contributed by atoms with E-state index in [2.05, 4.69) is 9.97 Å². The summed E-state index contributed by atoms with van der Waals surface area (Å²) in [5, 5.41) is 19.9. The Balaban J connectivity index is 2.17. The van der Waals surface area contributed by atoms with Gasteiger partial charge in [-0.05, 0) is 12.5 Å². The summed E-state index contributed by atoms with van der Waals surface area (Å²) in [6.45, 7) is 1.59. The number of nitriles is 1. The molecule has 0 atom stereocenters. The first-order valence-electron chi connectivity index (χ1n) is 5.88. The molecule has 2 rings (SSSR count). The molecule has 0 aliphatic carbocycles. The molecule has 21 heavy (non-hydrogen) atoms. The predicted octanol–water partition coefficient (Wildman–Crippen LogP) is 2.15. The molecule has 0 saturated heterocycles. The van der Waals surface area contributed by atoms with E-state index in [0.717, 1.165) is 5.56 Å². The second-order valence-corrected chi connectivity index (χ2v) is 5.12. The second kappa shape index (κ2) is 6.19. The highest BCUT2D eigenvalue weighted by Gasteiger charge is 2.09. The zero-order valence-electron chi connectivity index (χ0n) is 11.0. The number of aromatic nitrogens is 2. The number of nitrogens with one attached hydrogen (secondary N) is 1. The van der Waals surface area contributed by atoms with Crippen molar-refractivity contribution < 1.29 is 4.92 Å². The summed E-state index contributed by atoms with van der Waals surface area (Å²) < 4.78 is 0. The molecular weight excluding hydrogens is 292 g/mol. The molecule has 0 amide bonds. The lowest BCUT2D eigenvalue weighted by Crippen LogP contribution is -2.14. The van der Waals surface area contributed by atoms with E-state index in [1.54, 1.807) is 25.1 Å². The fraction of sp³-hybridized carbons (Fsp3) is 0.154. The SMILES string of the molecule is Cc1nc(SCc2cccc([N+](=O)[O-])c2)[nH]c(=O)c1C#N. The maximum absolute atomic E-state index is 11.6. The van der Waals surface area contributed by atoms with E-state index in [-0.39, 0.29) is 11.3 Å². The van der Waals surface area contributed by atoms with E-state index in [1.165, 1.54) is 23.9 Å². The summed E-state index contributed by atoms with van der Waals surface area (Å²) >= 11 is 1.24. The standard InChI is InChI=1S/C13H10N4O3S/c1-8-11(6-14)12(18)16-13(15-8)21-7-9-3-2-4-10(5-9)17(19)20/h2-5H,7H2,1H3,(H,15,16,18). The molecule has 0 spiro atoms. The van der Waals surface area contributed by atoms with Gasteiger partial charge in [0.15, 0.2) is 5.16 Å². The zero-order valence-corrected chi connectivity index (χ0v) is 11.8. The minimum atomic E-state index is -0.480. The average Bonchev–Trinajstić information content (AvgIpc) is 2.45. The number of benzene rings is 1. The van der Waals surface area contributed by atoms with Crippen molar-refractivity contribution >= 4 is 17.4 Å². The topological polar surface area (TPSA) is 113 Å². The van der Waals surface area contributed by atoms with Gasteiger partial charge in [-0.1, -0.05) is 23.9 Å². The fourth-order valence-corrected chi connectivity index (χ4v) is 2.52. The van der Waals surface area contributed by atoms with Crippen molar-refractivity contribution in [3.63, 3.8) is 0 Å². The number of hydrogen-bond donors (Lipinski definition) is 1. The molecule has 0 aliphatic heterocycles. The highest BCUT2D eigenvalue weighted by molar-refractivity contribution is 7.98. The first-order chi connectivity index (χ1) is 10.0. The molecule has 0 radical (unpaired) electrons. The van der Waals surface area contributed by atoms with Crippen LogP contribution in [0.4, 0.5) is 5.69 Å². The van der Waals surface area contributed by atoms with E-state index in [0.29, 0.717) is 16.6 Å². The molecule has 8 heteroatoms. The van der Waals surface area contributed by atoms with Gasteiger partial charge in [-0.25, -0.2) is 4.98 Å². The summed E-state index contributed by atoms with van der Waals surface area (Å²) in [6.07, 6.45) is 0. The Morgan fingerprint density at radius 2 is 2.29 bits per heavy atom. The molecule has 106 valence electrons. The van der Waals surface area contributed by atoms with Crippen LogP contribution >= 0.6 is 11.8 Å². The largest absolute Gasteiger partial charge is 0.300 e. The van der Waals surface area contributed by atoms with Crippen LogP contribution in [-0.4, -0.2) is 14.9 Å². The van der Waals surface area contributed by atoms with Crippen LogP contribution < -0.4 is 5.56 Å². The molecule has 0 fully saturated rings. The van der Waals surface area contributed by atoms with Gasteiger partial charge in [0, 0.05) is 17.9 Å². The summed E-state index contributed by atoms with van der Waals surface area (Å²) in [5.74, 6) is 0.427. The maximum Gasteiger partial charge on any atom is 0.269 e. The molecule has 0 unspecified atom stereocenters. The summed E-state index contributed by atoms with van der Waals surface area (Å²) in [7, 11) is 0. The lowest BCUT2D eigenvalue weighted by Gasteiger charge is -2.03. The van der Waals surface area contributed by atoms with Crippen LogP contribution in [0.25, 0.3) is 0 Å². The van der Waals surface area contributed by atoms with Crippen LogP contribution in [0.1, 0.15) is 16.8 Å². The van der Waals surface area contributed by atoms with Crippen molar-refractivity contribution in [3.8, 4) is 6.07 Å². The number of aromatic amines is 1. The number of nitrogens with zero attached hydrogens (tertiary/aromatic N) is 3. The van der Waals surface area contributed by atoms with Gasteiger partial charge in [0.2, 0.25) is 0 Å². The molecule has 0 saturated carbocycles. The van der Waals surface area contributed by atoms with E-state index in [1.807, 2.05) is 0 Å². The molecule has 1 N–H and O–H groups in total. The Morgan fingerprint density at radius 3 is 2.90 bits per heavy atom. The van der Waals surface area contributed by atoms with Gasteiger partial charge in [0.25, 0.3) is 11.2 Å². The normalized spacial score (nSPS) is 10.1. The van der Waals surface area contributed by atoms with Crippen molar-refractivity contribution in [3.05, 3.63) is 61.6 Å². The fourth-order valence-electron chi connectivity index (χ4n) is 1.67. The summed E-state index contributed by atoms with van der Waals surface area (Å²) in [6, 6.07) is 8.05. The van der Waals surface area contributed by atoms with Gasteiger partial charge in [-0.15, -0.1) is 0 Å². The molecule has 1 aromatic carbocycles. The Labute approximate surface area is 123 Å². The Hall–Kier alpha value is -2.66. The van der Waals surface area contributed by atoms with Crippen molar-refractivity contribution in [1.82, 2.24) is 9.97 Å². The number of aryl methyl sites for hydroxylation is 1. The van der Waals surface area contributed by atoms with Crippen LogP contribution in [0.3, 0.4) is 0 Å². The van der Waals surface area contributed by atoms with Gasteiger partial charge in [0.05, 0.1) is 10.6 Å². The van der Waals surface area contributed by atoms with Crippen LogP contribution in [0, 0.1) is 28.4 Å². The molecule has 2 aromatic rings. The third-order valence-corrected chi connectivity index (χ3v) is 3.63. The van der Waals surface area contributed by atoms with Crippen molar-refractivity contribution in [2.45, 2.75) is 17.8 Å². The quantitative estimate of drug-likeness (QED) is 0.401. The smallest absolute Gasteiger partial charge is 0.269 e. The number of H-pyrrole nitrogens is 1. The van der Waals surface area contributed by atoms with Gasteiger partial charge >= 0.3 is 0 Å². The minimum Gasteiger partial charge on any atom is -0.300 e. The lowest BCUT2D eigenvalue weighted by molar-refractivity contribution is -0.384. The number of non-ortho nitro benzene ring substituents is 1. The maximum atomic E-state index is 11.6. The number of nitro groups is 1. The molecule has 1 aromatic heterocycles. The third kappa shape index (κ3) is 3.46. The van der Waals surface area contributed by atoms with Crippen LogP contribution in [0.15, 0.2) is 34.2 Å². The number of nitro benzene ring substituents is 1. The summed E-state index contributed by atoms with van der Waals surface area (Å²) in [5.41, 5.74) is 0.647. The lowest BCUT2D eigenvalue weighted by atomic mass is 10.2. The molecule has 1 heterocycles. The van der Waals surface area contributed by atoms with Gasteiger partial charge in [-0.2, -0.15) is 5.26 Å². The van der Waals surface area contributed by atoms with E-state index in [4.69, 9.17) is 5.26 Å². The van der Waals surface area contributed by atoms with Crippen molar-refractivity contribution in [2.75, 3.05) is 0 Å². The summed E-state index contributed by atoms with van der Waals surface area (Å²) in [4.78, 5) is 28.5. The molecule has 0 aliphatic rings. The first kappa shape index (κ1) is 14.7. The van der Waals surface area contributed by atoms with Gasteiger partial charge < -0.3 is 4.98 Å². The van der Waals surface area contributed by atoms with Gasteiger partial charge in [-0.3, -0.25) is 14.9 Å². The average molecular weight is 302 g/mol. The minimum absolute atomic E-state index is 0.00491. The molecular formula is C13H10N4O3S. The number of thioether (sulfide) groups is 1. The Kier molecular flexibility index (Phi) is 4.35. The predicted molar refractivity (Wildman–Crippen MR) is 77.0 cm³/mol. The third-order valence-electron chi connectivity index (χ3n) is 2.69. The van der Waals surface area contributed by atoms with E-state index in [9.17, 15) is 14.9 Å². The molecule has 7 nitrogen and oxygen atoms in total. The monoisotopic (exact) mass is 302 g/mol. The first-order valence-corrected chi connectivity index (χ1v) is 6.87. The number of rotatable bonds is 4. The van der Waals surface area contributed by atoms with Crippen LogP contribution in [0.2, 0.25) is 0 Å². The molecule has 0 bridgehead atoms. The highest BCUT2D eigenvalue weighted by Crippen LogP contribution is 2.21. The van der Waals surface area contributed by atoms with Crippen LogP contribution in [0.5, 0.6) is 0 Å². The van der Waals surface area contributed by atoms with Crippen LogP contribution in [-0.2, 0) is 5.75 Å². The highest BCUT2D eigenvalue weighted by atomic mass is 32.2. The van der Waals surface area contributed by atoms with E-state index < -0.39 is 10.5 Å². The second-order valence-electron chi connectivity index (χ2n) is 4.16. The van der Waals surface area contributed by atoms with Crippen molar-refractivity contribution in [1.29, 1.82) is 5.26 Å². The van der Waals surface area contributed by atoms with Crippen molar-refractivity contribution in [2.24, 2.45) is 0 Å².